The maximum Gasteiger partial charge on any atom is 0.221 e. The predicted octanol–water partition coefficient (Wildman–Crippen LogP) is 1.53. The normalized spacial score (nSPS) is 9.00. The quantitative estimate of drug-likeness (QED) is 0.705. The zero-order chi connectivity index (χ0) is 10.4. The number of hydrogen-bond donors (Lipinski definition) is 2. The summed E-state index contributed by atoms with van der Waals surface area (Å²) in [6.07, 6.45) is 1.61. The number of anilines is 2. The Bertz CT molecular complexity index is 361. The summed E-state index contributed by atoms with van der Waals surface area (Å²) in [5.74, 6) is 0.972. The van der Waals surface area contributed by atoms with Crippen LogP contribution < -0.4 is 11.1 Å². The maximum absolute atomic E-state index is 5.57. The van der Waals surface area contributed by atoms with Gasteiger partial charge in [0.25, 0.3) is 0 Å². The summed E-state index contributed by atoms with van der Waals surface area (Å²) in [6, 6.07) is 7.57. The molecule has 0 spiro atoms. The molecule has 0 aliphatic rings. The number of nitrogens with one attached hydrogen (secondary N) is 1. The van der Waals surface area contributed by atoms with Gasteiger partial charge in [-0.1, -0.05) is 18.2 Å². The van der Waals surface area contributed by atoms with Crippen LogP contribution in [0.15, 0.2) is 30.5 Å². The van der Waals surface area contributed by atoms with Gasteiger partial charge in [0.15, 0.2) is 0 Å². The Hall–Kier alpha value is -1.84. The lowest BCUT2D eigenvalue weighted by Crippen LogP contribution is -1.97. The van der Waals surface area contributed by atoms with Crippen molar-refractivity contribution in [2.45, 2.75) is 6.92 Å². The molecule has 0 fully saturated rings. The van der Waals surface area contributed by atoms with Gasteiger partial charge in [-0.15, -0.1) is 0 Å². The molecule has 0 aliphatic heterocycles. The van der Waals surface area contributed by atoms with Gasteiger partial charge in [0, 0.05) is 13.2 Å². The SMILES string of the molecule is CNc1nc(N)ncccccc1C. The van der Waals surface area contributed by atoms with Crippen molar-refractivity contribution in [2.24, 2.45) is 0 Å². The van der Waals surface area contributed by atoms with E-state index in [0.717, 1.165) is 11.4 Å². The van der Waals surface area contributed by atoms with E-state index in [9.17, 15) is 0 Å². The molecule has 0 saturated heterocycles. The van der Waals surface area contributed by atoms with Crippen molar-refractivity contribution in [2.75, 3.05) is 18.1 Å². The molecule has 0 saturated carbocycles. The average Bonchev–Trinajstić information content (AvgIpc) is 2.19. The first-order valence-electron chi connectivity index (χ1n) is 4.34. The van der Waals surface area contributed by atoms with Gasteiger partial charge in [-0.3, -0.25) is 0 Å². The van der Waals surface area contributed by atoms with Crippen LogP contribution in [0.25, 0.3) is 0 Å². The minimum Gasteiger partial charge on any atom is -0.373 e. The molecular weight excluding hydrogens is 176 g/mol. The zero-order valence-electron chi connectivity index (χ0n) is 8.36. The average molecular weight is 190 g/mol. The Morgan fingerprint density at radius 2 is 2.07 bits per heavy atom. The largest absolute Gasteiger partial charge is 0.373 e. The monoisotopic (exact) mass is 190 g/mol. The molecule has 1 aromatic heterocycles. The number of rotatable bonds is 1. The van der Waals surface area contributed by atoms with Crippen LogP contribution in [0.3, 0.4) is 0 Å². The molecule has 0 aliphatic carbocycles. The molecule has 1 heterocycles. The van der Waals surface area contributed by atoms with Crippen LogP contribution in [0.5, 0.6) is 0 Å². The summed E-state index contributed by atoms with van der Waals surface area (Å²) in [5, 5.41) is 2.96. The van der Waals surface area contributed by atoms with Gasteiger partial charge < -0.3 is 11.1 Å². The summed E-state index contributed by atoms with van der Waals surface area (Å²) in [4.78, 5) is 8.04. The maximum atomic E-state index is 5.57. The van der Waals surface area contributed by atoms with Crippen molar-refractivity contribution >= 4 is 11.8 Å². The summed E-state index contributed by atoms with van der Waals surface area (Å²) in [7, 11) is 1.80. The van der Waals surface area contributed by atoms with E-state index in [-0.39, 0.29) is 5.95 Å². The van der Waals surface area contributed by atoms with E-state index in [0.29, 0.717) is 0 Å². The molecule has 14 heavy (non-hydrogen) atoms. The minimum absolute atomic E-state index is 0.244. The smallest absolute Gasteiger partial charge is 0.221 e. The van der Waals surface area contributed by atoms with Crippen LogP contribution >= 0.6 is 0 Å². The predicted molar refractivity (Wildman–Crippen MR) is 58.4 cm³/mol. The molecule has 3 N–H and O–H groups in total. The minimum atomic E-state index is 0.244. The Balaban J connectivity index is 3.38. The summed E-state index contributed by atoms with van der Waals surface area (Å²) in [5.41, 5.74) is 6.58. The highest BCUT2D eigenvalue weighted by molar-refractivity contribution is 5.42. The van der Waals surface area contributed by atoms with Crippen LogP contribution in [0, 0.1) is 6.92 Å². The highest BCUT2D eigenvalue weighted by Gasteiger charge is 1.92. The molecule has 0 amide bonds. The molecule has 1 aromatic rings. The van der Waals surface area contributed by atoms with Gasteiger partial charge in [-0.25, -0.2) is 4.98 Å². The number of hydrogen-bond acceptors (Lipinski definition) is 4. The van der Waals surface area contributed by atoms with Crippen LogP contribution in [0.4, 0.5) is 11.8 Å². The van der Waals surface area contributed by atoms with Gasteiger partial charge in [0.05, 0.1) is 0 Å². The van der Waals surface area contributed by atoms with Crippen LogP contribution in [-0.2, 0) is 0 Å². The number of aryl methyl sites for hydroxylation is 1. The van der Waals surface area contributed by atoms with Crippen molar-refractivity contribution in [1.29, 1.82) is 0 Å². The highest BCUT2D eigenvalue weighted by atomic mass is 15.0. The molecule has 74 valence electrons. The van der Waals surface area contributed by atoms with Gasteiger partial charge in [-0.05, 0) is 18.6 Å². The van der Waals surface area contributed by atoms with E-state index in [1.165, 1.54) is 0 Å². The second kappa shape index (κ2) is 5.01. The summed E-state index contributed by atoms with van der Waals surface area (Å²) in [6.45, 7) is 1.96. The second-order valence-electron chi connectivity index (χ2n) is 2.77. The Morgan fingerprint density at radius 1 is 1.29 bits per heavy atom. The molecule has 0 bridgehead atoms. The lowest BCUT2D eigenvalue weighted by Gasteiger charge is -1.99. The van der Waals surface area contributed by atoms with Crippen molar-refractivity contribution in [3.63, 3.8) is 0 Å². The number of nitrogens with zero attached hydrogens (tertiary/aromatic N) is 2. The summed E-state index contributed by atoms with van der Waals surface area (Å²) >= 11 is 0. The van der Waals surface area contributed by atoms with E-state index < -0.39 is 0 Å². The van der Waals surface area contributed by atoms with Gasteiger partial charge >= 0.3 is 0 Å². The molecular formula is C10H14N4. The highest BCUT2D eigenvalue weighted by Crippen LogP contribution is 2.06. The van der Waals surface area contributed by atoms with E-state index >= 15 is 0 Å². The number of aromatic nitrogens is 2. The van der Waals surface area contributed by atoms with Crippen molar-refractivity contribution in [3.05, 3.63) is 36.0 Å². The van der Waals surface area contributed by atoms with Crippen LogP contribution in [0.2, 0.25) is 0 Å². The van der Waals surface area contributed by atoms with Gasteiger partial charge in [0.2, 0.25) is 5.95 Å². The number of nitrogen functional groups attached to an aromatic ring is 1. The molecule has 0 atom stereocenters. The van der Waals surface area contributed by atoms with E-state index in [1.54, 1.807) is 19.3 Å². The third-order valence-corrected chi connectivity index (χ3v) is 1.70. The lowest BCUT2D eigenvalue weighted by molar-refractivity contribution is 1.19. The molecule has 4 nitrogen and oxygen atoms in total. The lowest BCUT2D eigenvalue weighted by atomic mass is 10.3. The fraction of sp³-hybridized carbons (Fsp3) is 0.200. The van der Waals surface area contributed by atoms with Crippen molar-refractivity contribution in [3.8, 4) is 0 Å². The van der Waals surface area contributed by atoms with Gasteiger partial charge in [0.1, 0.15) is 5.82 Å². The third-order valence-electron chi connectivity index (χ3n) is 1.70. The Morgan fingerprint density at radius 3 is 2.79 bits per heavy atom. The molecule has 4 heteroatoms. The van der Waals surface area contributed by atoms with Crippen molar-refractivity contribution in [1.82, 2.24) is 9.97 Å². The van der Waals surface area contributed by atoms with Crippen molar-refractivity contribution < 1.29 is 0 Å². The fourth-order valence-electron chi connectivity index (χ4n) is 0.997. The second-order valence-corrected chi connectivity index (χ2v) is 2.77. The Labute approximate surface area is 83.5 Å². The molecule has 1 rings (SSSR count). The molecule has 0 aromatic carbocycles. The third kappa shape index (κ3) is 2.90. The van der Waals surface area contributed by atoms with Crippen LogP contribution in [-0.4, -0.2) is 17.0 Å². The molecule has 0 radical (unpaired) electrons. The first-order valence-corrected chi connectivity index (χ1v) is 4.34. The van der Waals surface area contributed by atoms with E-state index in [2.05, 4.69) is 15.3 Å². The standard InChI is InChI=1S/C10H14N4/c1-8-6-4-3-5-7-13-10(11)14-9(8)12-2/h3-7H,1-2H3,(H3,11,12,13,14). The van der Waals surface area contributed by atoms with Crippen LogP contribution in [0.1, 0.15) is 5.56 Å². The van der Waals surface area contributed by atoms with Gasteiger partial charge in [-0.2, -0.15) is 4.98 Å². The molecule has 0 unspecified atom stereocenters. The topological polar surface area (TPSA) is 63.8 Å². The number of nitrogens with two attached hydrogens (primary N) is 1. The summed E-state index contributed by atoms with van der Waals surface area (Å²) < 4.78 is 0. The van der Waals surface area contributed by atoms with E-state index in [1.807, 2.05) is 25.1 Å². The fourth-order valence-corrected chi connectivity index (χ4v) is 0.997. The zero-order valence-corrected chi connectivity index (χ0v) is 8.36. The first kappa shape index (κ1) is 10.2. The first-order chi connectivity index (χ1) is 6.74. The Kier molecular flexibility index (Phi) is 3.67. The van der Waals surface area contributed by atoms with E-state index in [4.69, 9.17) is 5.73 Å².